The highest BCUT2D eigenvalue weighted by Crippen LogP contribution is 2.32. The Bertz CT molecular complexity index is 1400. The molecule has 1 unspecified atom stereocenters. The zero-order chi connectivity index (χ0) is 25.1. The summed E-state index contributed by atoms with van der Waals surface area (Å²) in [6.45, 7) is 3.82. The maximum Gasteiger partial charge on any atom is 0.304 e. The van der Waals surface area contributed by atoms with Crippen LogP contribution in [0.1, 0.15) is 6.42 Å². The number of nitrogens with zero attached hydrogens (tertiary/aromatic N) is 4. The molecule has 9 nitrogen and oxygen atoms in total. The molecule has 4 aromatic rings. The van der Waals surface area contributed by atoms with Gasteiger partial charge in [-0.05, 0) is 36.4 Å². The fourth-order valence-corrected chi connectivity index (χ4v) is 4.59. The summed E-state index contributed by atoms with van der Waals surface area (Å²) in [7, 11) is 0. The standard InChI is InChI=1S/C25H25ClFN7O2/c26-15-1-2-19(27)18(9-15)24-25(32-14-31-24)21-4-3-20-22(33-21)10-16(12-30-20)28-5-7-34-8-6-29-17(13-34)11-23(35)36/h1-4,9-10,12,14,17,28-29H,5-8,11,13H2,(H,31,32)(H,35,36). The maximum atomic E-state index is 14.5. The number of halogens is 2. The lowest BCUT2D eigenvalue weighted by Crippen LogP contribution is -2.52. The molecule has 0 saturated carbocycles. The van der Waals surface area contributed by atoms with Gasteiger partial charge in [0.2, 0.25) is 0 Å². The second kappa shape index (κ2) is 10.6. The van der Waals surface area contributed by atoms with Gasteiger partial charge < -0.3 is 20.7 Å². The number of carboxylic acids is 1. The van der Waals surface area contributed by atoms with E-state index in [0.29, 0.717) is 46.3 Å². The summed E-state index contributed by atoms with van der Waals surface area (Å²) < 4.78 is 14.5. The minimum absolute atomic E-state index is 0.0338. The molecule has 4 heterocycles. The quantitative estimate of drug-likeness (QED) is 0.284. The van der Waals surface area contributed by atoms with Gasteiger partial charge in [0.25, 0.3) is 0 Å². The second-order valence-electron chi connectivity index (χ2n) is 8.69. The predicted octanol–water partition coefficient (Wildman–Crippen LogP) is 3.64. The molecule has 1 aliphatic rings. The first-order valence-electron chi connectivity index (χ1n) is 11.6. The van der Waals surface area contributed by atoms with E-state index in [-0.39, 0.29) is 12.5 Å². The van der Waals surface area contributed by atoms with Crippen LogP contribution in [0.5, 0.6) is 0 Å². The molecule has 1 saturated heterocycles. The van der Waals surface area contributed by atoms with E-state index in [1.807, 2.05) is 18.2 Å². The number of aliphatic carboxylic acids is 1. The van der Waals surface area contributed by atoms with E-state index < -0.39 is 11.8 Å². The number of hydrogen-bond acceptors (Lipinski definition) is 7. The van der Waals surface area contributed by atoms with Crippen molar-refractivity contribution in [1.29, 1.82) is 0 Å². The SMILES string of the molecule is O=C(O)CC1CN(CCNc2cnc3ccc(-c4nc[nH]c4-c4cc(Cl)ccc4F)nc3c2)CCN1. The number of aromatic nitrogens is 4. The molecule has 5 rings (SSSR count). The number of aromatic amines is 1. The number of hydrogen-bond donors (Lipinski definition) is 4. The maximum absolute atomic E-state index is 14.5. The number of anilines is 1. The summed E-state index contributed by atoms with van der Waals surface area (Å²) >= 11 is 6.08. The van der Waals surface area contributed by atoms with Crippen molar-refractivity contribution in [3.63, 3.8) is 0 Å². The van der Waals surface area contributed by atoms with Crippen molar-refractivity contribution in [3.05, 3.63) is 59.8 Å². The van der Waals surface area contributed by atoms with Crippen molar-refractivity contribution in [2.75, 3.05) is 38.0 Å². The number of imidazole rings is 1. The molecule has 4 N–H and O–H groups in total. The average molecular weight is 510 g/mol. The Morgan fingerprint density at radius 2 is 2.11 bits per heavy atom. The summed E-state index contributed by atoms with van der Waals surface area (Å²) in [4.78, 5) is 29.8. The van der Waals surface area contributed by atoms with E-state index in [2.05, 4.69) is 30.5 Å². The van der Waals surface area contributed by atoms with Gasteiger partial charge in [0.1, 0.15) is 11.5 Å². The molecular weight excluding hydrogens is 485 g/mol. The van der Waals surface area contributed by atoms with Crippen LogP contribution in [0.2, 0.25) is 5.02 Å². The molecule has 11 heteroatoms. The molecule has 186 valence electrons. The Labute approximate surface area is 211 Å². The minimum Gasteiger partial charge on any atom is -0.481 e. The fraction of sp³-hybridized carbons (Fsp3) is 0.280. The van der Waals surface area contributed by atoms with E-state index in [1.165, 1.54) is 18.5 Å². The highest BCUT2D eigenvalue weighted by atomic mass is 35.5. The molecule has 0 bridgehead atoms. The number of piperazine rings is 1. The number of carboxylic acid groups (broad SMARTS) is 1. The van der Waals surface area contributed by atoms with E-state index in [4.69, 9.17) is 21.7 Å². The molecule has 0 aliphatic carbocycles. The summed E-state index contributed by atoms with van der Waals surface area (Å²) in [5.74, 6) is -1.20. The largest absolute Gasteiger partial charge is 0.481 e. The third kappa shape index (κ3) is 5.46. The van der Waals surface area contributed by atoms with Gasteiger partial charge in [0, 0.05) is 49.4 Å². The number of H-pyrrole nitrogens is 1. The first-order chi connectivity index (χ1) is 17.5. The van der Waals surface area contributed by atoms with Gasteiger partial charge in [-0.3, -0.25) is 14.7 Å². The molecule has 1 atom stereocenters. The van der Waals surface area contributed by atoms with Crippen LogP contribution in [0.25, 0.3) is 33.7 Å². The minimum atomic E-state index is -0.791. The number of carbonyl (C=O) groups is 1. The van der Waals surface area contributed by atoms with Crippen LogP contribution in [0.15, 0.2) is 48.9 Å². The molecule has 1 aromatic carbocycles. The third-order valence-electron chi connectivity index (χ3n) is 6.13. The number of fused-ring (bicyclic) bond motifs is 1. The summed E-state index contributed by atoms with van der Waals surface area (Å²) in [6.07, 6.45) is 3.38. The van der Waals surface area contributed by atoms with Crippen LogP contribution in [0, 0.1) is 5.82 Å². The van der Waals surface area contributed by atoms with Crippen LogP contribution in [0.4, 0.5) is 10.1 Å². The lowest BCUT2D eigenvalue weighted by molar-refractivity contribution is -0.137. The normalized spacial score (nSPS) is 16.3. The van der Waals surface area contributed by atoms with Gasteiger partial charge in [0.15, 0.2) is 0 Å². The van der Waals surface area contributed by atoms with Crippen molar-refractivity contribution in [2.24, 2.45) is 0 Å². The average Bonchev–Trinajstić information content (AvgIpc) is 3.35. The second-order valence-corrected chi connectivity index (χ2v) is 9.12. The fourth-order valence-electron chi connectivity index (χ4n) is 4.42. The number of benzene rings is 1. The Hall–Kier alpha value is -3.60. The third-order valence-corrected chi connectivity index (χ3v) is 6.37. The van der Waals surface area contributed by atoms with Crippen molar-refractivity contribution >= 4 is 34.3 Å². The van der Waals surface area contributed by atoms with Crippen LogP contribution in [-0.4, -0.2) is 74.7 Å². The van der Waals surface area contributed by atoms with Gasteiger partial charge in [-0.2, -0.15) is 0 Å². The first kappa shape index (κ1) is 24.1. The van der Waals surface area contributed by atoms with Crippen LogP contribution >= 0.6 is 11.6 Å². The lowest BCUT2D eigenvalue weighted by Gasteiger charge is -2.33. The van der Waals surface area contributed by atoms with Crippen molar-refractivity contribution in [2.45, 2.75) is 12.5 Å². The smallest absolute Gasteiger partial charge is 0.304 e. The van der Waals surface area contributed by atoms with Gasteiger partial charge >= 0.3 is 5.97 Å². The van der Waals surface area contributed by atoms with E-state index in [0.717, 1.165) is 30.8 Å². The molecule has 0 radical (unpaired) electrons. The van der Waals surface area contributed by atoms with Crippen molar-refractivity contribution in [3.8, 4) is 22.6 Å². The number of pyridine rings is 2. The molecule has 36 heavy (non-hydrogen) atoms. The highest BCUT2D eigenvalue weighted by molar-refractivity contribution is 6.30. The molecule has 3 aromatic heterocycles. The Balaban J connectivity index is 1.30. The topological polar surface area (TPSA) is 119 Å². The van der Waals surface area contributed by atoms with Crippen molar-refractivity contribution < 1.29 is 14.3 Å². The van der Waals surface area contributed by atoms with Crippen LogP contribution in [-0.2, 0) is 4.79 Å². The molecular formula is C25H25ClFN7O2. The van der Waals surface area contributed by atoms with E-state index in [1.54, 1.807) is 12.3 Å². The molecule has 1 aliphatic heterocycles. The molecule has 1 fully saturated rings. The predicted molar refractivity (Wildman–Crippen MR) is 136 cm³/mol. The summed E-state index contributed by atoms with van der Waals surface area (Å²) in [6, 6.07) is 9.93. The van der Waals surface area contributed by atoms with E-state index in [9.17, 15) is 9.18 Å². The number of rotatable bonds is 8. The molecule has 0 amide bonds. The zero-order valence-electron chi connectivity index (χ0n) is 19.3. The van der Waals surface area contributed by atoms with Gasteiger partial charge in [-0.1, -0.05) is 11.6 Å². The monoisotopic (exact) mass is 509 g/mol. The van der Waals surface area contributed by atoms with Crippen molar-refractivity contribution in [1.82, 2.24) is 30.2 Å². The Kier molecular flexibility index (Phi) is 7.08. The van der Waals surface area contributed by atoms with Gasteiger partial charge in [0.05, 0.1) is 47.1 Å². The first-order valence-corrected chi connectivity index (χ1v) is 12.0. The lowest BCUT2D eigenvalue weighted by atomic mass is 10.1. The van der Waals surface area contributed by atoms with E-state index >= 15 is 0 Å². The highest BCUT2D eigenvalue weighted by Gasteiger charge is 2.21. The Morgan fingerprint density at radius 1 is 1.22 bits per heavy atom. The van der Waals surface area contributed by atoms with Crippen LogP contribution in [0.3, 0.4) is 0 Å². The zero-order valence-corrected chi connectivity index (χ0v) is 20.1. The summed E-state index contributed by atoms with van der Waals surface area (Å²) in [5.41, 5.74) is 4.17. The van der Waals surface area contributed by atoms with Gasteiger partial charge in [-0.25, -0.2) is 14.4 Å². The molecule has 0 spiro atoms. The number of nitrogens with one attached hydrogen (secondary N) is 3. The van der Waals surface area contributed by atoms with Crippen LogP contribution < -0.4 is 10.6 Å². The Morgan fingerprint density at radius 3 is 2.97 bits per heavy atom. The summed E-state index contributed by atoms with van der Waals surface area (Å²) in [5, 5.41) is 16.1. The van der Waals surface area contributed by atoms with Gasteiger partial charge in [-0.15, -0.1) is 0 Å².